The van der Waals surface area contributed by atoms with Gasteiger partial charge in [-0.25, -0.2) is 8.42 Å². The van der Waals surface area contributed by atoms with Crippen LogP contribution in [0.3, 0.4) is 0 Å². The van der Waals surface area contributed by atoms with Gasteiger partial charge in [-0.3, -0.25) is 14.2 Å². The maximum Gasteiger partial charge on any atom is 0.232 e. The van der Waals surface area contributed by atoms with E-state index in [9.17, 15) is 13.2 Å². The van der Waals surface area contributed by atoms with Crippen LogP contribution in [0, 0.1) is 12.8 Å². The van der Waals surface area contributed by atoms with Crippen LogP contribution in [0.4, 0.5) is 11.4 Å². The number of nitrogens with one attached hydrogen (secondary N) is 3. The first-order chi connectivity index (χ1) is 12.8. The molecule has 2 aromatic rings. The number of aromatic nitrogens is 2. The highest BCUT2D eigenvalue weighted by Gasteiger charge is 2.34. The first-order valence-electron chi connectivity index (χ1n) is 8.90. The second-order valence-electron chi connectivity index (χ2n) is 6.84. The molecule has 1 amide bonds. The summed E-state index contributed by atoms with van der Waals surface area (Å²) in [6.07, 6.45) is 3.74. The maximum atomic E-state index is 12.8. The van der Waals surface area contributed by atoms with Crippen molar-refractivity contribution in [3.63, 3.8) is 0 Å². The SMILES string of the molecule is CCS(=O)(=O)Nc1ccc(NC(=O)[C@H]2CNC[C@@H]2c2cnn(C)c2)cc1C. The van der Waals surface area contributed by atoms with Gasteiger partial charge in [0.15, 0.2) is 0 Å². The molecule has 9 heteroatoms. The molecular formula is C18H25N5O3S. The Labute approximate surface area is 159 Å². The van der Waals surface area contributed by atoms with Crippen molar-refractivity contribution in [2.24, 2.45) is 13.0 Å². The lowest BCUT2D eigenvalue weighted by Gasteiger charge is -2.18. The molecule has 3 N–H and O–H groups in total. The van der Waals surface area contributed by atoms with E-state index in [4.69, 9.17) is 0 Å². The molecule has 0 radical (unpaired) electrons. The highest BCUT2D eigenvalue weighted by Crippen LogP contribution is 2.29. The molecule has 1 aliphatic rings. The van der Waals surface area contributed by atoms with Gasteiger partial charge in [0.2, 0.25) is 15.9 Å². The van der Waals surface area contributed by atoms with Gasteiger partial charge >= 0.3 is 0 Å². The number of benzene rings is 1. The third kappa shape index (κ3) is 4.48. The summed E-state index contributed by atoms with van der Waals surface area (Å²) in [4.78, 5) is 12.8. The van der Waals surface area contributed by atoms with E-state index in [0.717, 1.165) is 17.7 Å². The standard InChI is InChI=1S/C18H25N5O3S/c1-4-27(25,26)22-17-6-5-14(7-12(17)2)21-18(24)16-10-19-9-15(16)13-8-20-23(3)11-13/h5-8,11,15-16,19,22H,4,9-10H2,1-3H3,(H,21,24)/t15-,16+/m1/s1. The van der Waals surface area contributed by atoms with Crippen molar-refractivity contribution in [1.29, 1.82) is 0 Å². The van der Waals surface area contributed by atoms with Crippen molar-refractivity contribution in [2.75, 3.05) is 28.9 Å². The van der Waals surface area contributed by atoms with E-state index in [1.807, 2.05) is 13.2 Å². The second-order valence-corrected chi connectivity index (χ2v) is 8.85. The molecule has 1 fully saturated rings. The first kappa shape index (κ1) is 19.4. The Hall–Kier alpha value is -2.39. The van der Waals surface area contributed by atoms with Gasteiger partial charge in [0, 0.05) is 37.9 Å². The average Bonchev–Trinajstić information content (AvgIpc) is 3.26. The number of carbonyl (C=O) groups excluding carboxylic acids is 1. The molecule has 1 aliphatic heterocycles. The lowest BCUT2D eigenvalue weighted by molar-refractivity contribution is -0.119. The number of carbonyl (C=O) groups is 1. The maximum absolute atomic E-state index is 12.8. The molecule has 0 spiro atoms. The predicted molar refractivity (Wildman–Crippen MR) is 105 cm³/mol. The van der Waals surface area contributed by atoms with Crippen molar-refractivity contribution in [1.82, 2.24) is 15.1 Å². The molecule has 146 valence electrons. The van der Waals surface area contributed by atoms with Gasteiger partial charge in [-0.1, -0.05) is 0 Å². The topological polar surface area (TPSA) is 105 Å². The van der Waals surface area contributed by atoms with Crippen molar-refractivity contribution in [2.45, 2.75) is 19.8 Å². The van der Waals surface area contributed by atoms with E-state index in [1.165, 1.54) is 0 Å². The normalized spacial score (nSPS) is 19.8. The Balaban J connectivity index is 1.71. The third-order valence-electron chi connectivity index (χ3n) is 4.84. The molecule has 8 nitrogen and oxygen atoms in total. The molecule has 0 aliphatic carbocycles. The quantitative estimate of drug-likeness (QED) is 0.691. The fraction of sp³-hybridized carbons (Fsp3) is 0.444. The molecule has 27 heavy (non-hydrogen) atoms. The molecule has 0 saturated carbocycles. The lowest BCUT2D eigenvalue weighted by atomic mass is 9.90. The summed E-state index contributed by atoms with van der Waals surface area (Å²) in [5.41, 5.74) is 2.96. The highest BCUT2D eigenvalue weighted by molar-refractivity contribution is 7.92. The van der Waals surface area contributed by atoms with Crippen LogP contribution in [0.1, 0.15) is 24.0 Å². The number of hydrogen-bond acceptors (Lipinski definition) is 5. The Morgan fingerprint density at radius 3 is 2.78 bits per heavy atom. The number of hydrogen-bond donors (Lipinski definition) is 3. The number of amides is 1. The molecule has 1 aromatic carbocycles. The summed E-state index contributed by atoms with van der Waals surface area (Å²) in [6.45, 7) is 4.73. The van der Waals surface area contributed by atoms with Crippen LogP contribution >= 0.6 is 0 Å². The number of rotatable bonds is 6. The highest BCUT2D eigenvalue weighted by atomic mass is 32.2. The van der Waals surface area contributed by atoms with E-state index in [0.29, 0.717) is 17.9 Å². The molecule has 2 atom stereocenters. The van der Waals surface area contributed by atoms with Crippen LogP contribution in [0.2, 0.25) is 0 Å². The zero-order valence-corrected chi connectivity index (χ0v) is 16.5. The van der Waals surface area contributed by atoms with Crippen LogP contribution < -0.4 is 15.4 Å². The van der Waals surface area contributed by atoms with Crippen molar-refractivity contribution >= 4 is 27.3 Å². The predicted octanol–water partition coefficient (Wildman–Crippen LogP) is 1.43. The van der Waals surface area contributed by atoms with Crippen LogP contribution in [0.15, 0.2) is 30.6 Å². The summed E-state index contributed by atoms with van der Waals surface area (Å²) in [5.74, 6) is -0.159. The minimum absolute atomic E-state index is 0.00926. The molecule has 0 bridgehead atoms. The molecule has 0 unspecified atom stereocenters. The molecule has 1 aromatic heterocycles. The van der Waals surface area contributed by atoms with Crippen LogP contribution in [-0.2, 0) is 21.9 Å². The number of aryl methyl sites for hydroxylation is 2. The van der Waals surface area contributed by atoms with Gasteiger partial charge in [-0.15, -0.1) is 0 Å². The zero-order chi connectivity index (χ0) is 19.6. The summed E-state index contributed by atoms with van der Waals surface area (Å²) in [6, 6.07) is 5.15. The Morgan fingerprint density at radius 1 is 1.37 bits per heavy atom. The van der Waals surface area contributed by atoms with Crippen molar-refractivity contribution < 1.29 is 13.2 Å². The van der Waals surface area contributed by atoms with Crippen LogP contribution in [-0.4, -0.2) is 42.9 Å². The molecular weight excluding hydrogens is 366 g/mol. The van der Waals surface area contributed by atoms with Gasteiger partial charge in [0.1, 0.15) is 0 Å². The van der Waals surface area contributed by atoms with E-state index >= 15 is 0 Å². The minimum Gasteiger partial charge on any atom is -0.326 e. The zero-order valence-electron chi connectivity index (χ0n) is 15.7. The second kappa shape index (κ2) is 7.69. The number of sulfonamides is 1. The summed E-state index contributed by atoms with van der Waals surface area (Å²) in [5, 5.41) is 10.4. The molecule has 3 rings (SSSR count). The van der Waals surface area contributed by atoms with Crippen LogP contribution in [0.25, 0.3) is 0 Å². The first-order valence-corrected chi connectivity index (χ1v) is 10.6. The minimum atomic E-state index is -3.33. The fourth-order valence-corrected chi connectivity index (χ4v) is 3.98. The third-order valence-corrected chi connectivity index (χ3v) is 6.13. The fourth-order valence-electron chi connectivity index (χ4n) is 3.27. The Morgan fingerprint density at radius 2 is 2.15 bits per heavy atom. The van der Waals surface area contributed by atoms with Crippen molar-refractivity contribution in [3.8, 4) is 0 Å². The van der Waals surface area contributed by atoms with Crippen LogP contribution in [0.5, 0.6) is 0 Å². The molecule has 2 heterocycles. The molecule has 1 saturated heterocycles. The largest absolute Gasteiger partial charge is 0.326 e. The number of nitrogens with zero attached hydrogens (tertiary/aromatic N) is 2. The monoisotopic (exact) mass is 391 g/mol. The van der Waals surface area contributed by atoms with Crippen molar-refractivity contribution in [3.05, 3.63) is 41.7 Å². The lowest BCUT2D eigenvalue weighted by Crippen LogP contribution is -2.28. The average molecular weight is 391 g/mol. The summed E-state index contributed by atoms with van der Waals surface area (Å²) >= 11 is 0. The Bertz CT molecular complexity index is 938. The van der Waals surface area contributed by atoms with Gasteiger partial charge < -0.3 is 10.6 Å². The summed E-state index contributed by atoms with van der Waals surface area (Å²) in [7, 11) is -1.47. The Kier molecular flexibility index (Phi) is 5.52. The van der Waals surface area contributed by atoms with Gasteiger partial charge in [0.25, 0.3) is 0 Å². The van der Waals surface area contributed by atoms with E-state index in [1.54, 1.807) is 42.9 Å². The van der Waals surface area contributed by atoms with Gasteiger partial charge in [-0.2, -0.15) is 5.10 Å². The smallest absolute Gasteiger partial charge is 0.232 e. The van der Waals surface area contributed by atoms with Gasteiger partial charge in [0.05, 0.1) is 23.6 Å². The van der Waals surface area contributed by atoms with E-state index < -0.39 is 10.0 Å². The number of anilines is 2. The van der Waals surface area contributed by atoms with E-state index in [-0.39, 0.29) is 23.5 Å². The summed E-state index contributed by atoms with van der Waals surface area (Å²) < 4.78 is 27.8. The van der Waals surface area contributed by atoms with E-state index in [2.05, 4.69) is 20.5 Å². The van der Waals surface area contributed by atoms with Gasteiger partial charge in [-0.05, 0) is 43.2 Å².